The standard InChI is InChI=1S/C22H24O5/c1-15(2)26-21(25)22(3,4)27-17-12-9-16(10-13-17)11-14-20(24)18-7-5-6-8-19(18)23/h5-15,23H,1-4H3/b14-11+. The molecule has 0 spiro atoms. The average molecular weight is 368 g/mol. The predicted molar refractivity (Wildman–Crippen MR) is 104 cm³/mol. The van der Waals surface area contributed by atoms with Gasteiger partial charge in [-0.2, -0.15) is 0 Å². The number of phenols is 1. The first kappa shape index (κ1) is 20.2. The van der Waals surface area contributed by atoms with E-state index in [2.05, 4.69) is 0 Å². The van der Waals surface area contributed by atoms with Crippen LogP contribution < -0.4 is 4.74 Å². The molecule has 0 heterocycles. The number of ketones is 1. The summed E-state index contributed by atoms with van der Waals surface area (Å²) in [6.07, 6.45) is 2.83. The van der Waals surface area contributed by atoms with Crippen molar-refractivity contribution in [3.63, 3.8) is 0 Å². The molecule has 0 fully saturated rings. The third kappa shape index (κ3) is 5.71. The second-order valence-corrected chi connectivity index (χ2v) is 6.85. The monoisotopic (exact) mass is 368 g/mol. The summed E-state index contributed by atoms with van der Waals surface area (Å²) in [5.41, 5.74) is -0.0737. The van der Waals surface area contributed by atoms with Crippen molar-refractivity contribution in [2.24, 2.45) is 0 Å². The van der Waals surface area contributed by atoms with E-state index >= 15 is 0 Å². The van der Waals surface area contributed by atoms with E-state index < -0.39 is 11.6 Å². The van der Waals surface area contributed by atoms with Crippen LogP contribution in [-0.2, 0) is 9.53 Å². The lowest BCUT2D eigenvalue weighted by molar-refractivity contribution is -0.163. The summed E-state index contributed by atoms with van der Waals surface area (Å²) in [6, 6.07) is 13.4. The molecule has 0 aromatic heterocycles. The zero-order valence-corrected chi connectivity index (χ0v) is 15.9. The van der Waals surface area contributed by atoms with E-state index in [0.29, 0.717) is 5.75 Å². The number of rotatable bonds is 7. The second-order valence-electron chi connectivity index (χ2n) is 6.85. The Morgan fingerprint density at radius 3 is 2.26 bits per heavy atom. The van der Waals surface area contributed by atoms with E-state index in [1.54, 1.807) is 76.2 Å². The van der Waals surface area contributed by atoms with E-state index in [-0.39, 0.29) is 23.2 Å². The first-order chi connectivity index (χ1) is 12.7. The lowest BCUT2D eigenvalue weighted by Gasteiger charge is -2.25. The van der Waals surface area contributed by atoms with Crippen LogP contribution in [0, 0.1) is 0 Å². The average Bonchev–Trinajstić information content (AvgIpc) is 2.60. The fraction of sp³-hybridized carbons (Fsp3) is 0.273. The minimum Gasteiger partial charge on any atom is -0.507 e. The lowest BCUT2D eigenvalue weighted by atomic mass is 10.1. The first-order valence-electron chi connectivity index (χ1n) is 8.69. The maximum atomic E-state index is 12.1. The Hall–Kier alpha value is -3.08. The Morgan fingerprint density at radius 1 is 1.04 bits per heavy atom. The molecule has 5 nitrogen and oxygen atoms in total. The number of para-hydroxylation sites is 1. The molecule has 0 saturated heterocycles. The summed E-state index contributed by atoms with van der Waals surface area (Å²) >= 11 is 0. The van der Waals surface area contributed by atoms with Crippen molar-refractivity contribution in [3.05, 3.63) is 65.7 Å². The van der Waals surface area contributed by atoms with Crippen LogP contribution in [0.15, 0.2) is 54.6 Å². The van der Waals surface area contributed by atoms with Gasteiger partial charge in [0.05, 0.1) is 11.7 Å². The zero-order chi connectivity index (χ0) is 20.0. The van der Waals surface area contributed by atoms with Crippen LogP contribution in [0.4, 0.5) is 0 Å². The van der Waals surface area contributed by atoms with E-state index in [9.17, 15) is 14.7 Å². The summed E-state index contributed by atoms with van der Waals surface area (Å²) in [7, 11) is 0. The highest BCUT2D eigenvalue weighted by Gasteiger charge is 2.32. The van der Waals surface area contributed by atoms with Crippen LogP contribution in [0.2, 0.25) is 0 Å². The molecule has 0 atom stereocenters. The number of benzene rings is 2. The normalized spacial score (nSPS) is 11.6. The van der Waals surface area contributed by atoms with Gasteiger partial charge in [-0.3, -0.25) is 4.79 Å². The molecule has 2 rings (SSSR count). The molecule has 1 N–H and O–H groups in total. The lowest BCUT2D eigenvalue weighted by Crippen LogP contribution is -2.40. The minimum absolute atomic E-state index is 0.0496. The molecule has 0 bridgehead atoms. The first-order valence-corrected chi connectivity index (χ1v) is 8.69. The van der Waals surface area contributed by atoms with Crippen molar-refractivity contribution in [1.29, 1.82) is 0 Å². The van der Waals surface area contributed by atoms with Gasteiger partial charge in [0, 0.05) is 0 Å². The van der Waals surface area contributed by atoms with Crippen molar-refractivity contribution in [3.8, 4) is 11.5 Å². The molecule has 0 radical (unpaired) electrons. The summed E-state index contributed by atoms with van der Waals surface area (Å²) in [4.78, 5) is 24.2. The van der Waals surface area contributed by atoms with E-state index in [0.717, 1.165) is 5.56 Å². The Bertz CT molecular complexity index is 832. The number of carbonyl (C=O) groups excluding carboxylic acids is 2. The van der Waals surface area contributed by atoms with Gasteiger partial charge in [-0.25, -0.2) is 4.79 Å². The molecule has 142 valence electrons. The van der Waals surface area contributed by atoms with Crippen molar-refractivity contribution < 1.29 is 24.2 Å². The summed E-state index contributed by atoms with van der Waals surface area (Å²) < 4.78 is 10.9. The molecular formula is C22H24O5. The van der Waals surface area contributed by atoms with Crippen LogP contribution in [0.5, 0.6) is 11.5 Å². The fourth-order valence-corrected chi connectivity index (χ4v) is 2.28. The van der Waals surface area contributed by atoms with E-state index in [4.69, 9.17) is 9.47 Å². The summed E-state index contributed by atoms with van der Waals surface area (Å²) in [6.45, 7) is 6.87. The van der Waals surface area contributed by atoms with Crippen LogP contribution in [0.3, 0.4) is 0 Å². The van der Waals surface area contributed by atoms with E-state index in [1.807, 2.05) is 0 Å². The minimum atomic E-state index is -1.11. The van der Waals surface area contributed by atoms with Crippen molar-refractivity contribution in [1.82, 2.24) is 0 Å². The SMILES string of the molecule is CC(C)OC(=O)C(C)(C)Oc1ccc(/C=C/C(=O)c2ccccc2O)cc1. The fourth-order valence-electron chi connectivity index (χ4n) is 2.28. The maximum Gasteiger partial charge on any atom is 0.350 e. The summed E-state index contributed by atoms with van der Waals surface area (Å²) in [5, 5.41) is 9.71. The number of aromatic hydroxyl groups is 1. The maximum absolute atomic E-state index is 12.1. The van der Waals surface area contributed by atoms with Gasteiger partial charge in [0.25, 0.3) is 0 Å². The van der Waals surface area contributed by atoms with Gasteiger partial charge in [0.1, 0.15) is 11.5 Å². The van der Waals surface area contributed by atoms with Gasteiger partial charge >= 0.3 is 5.97 Å². The number of phenolic OH excluding ortho intramolecular Hbond substituents is 1. The number of carbonyl (C=O) groups is 2. The number of hydrogen-bond donors (Lipinski definition) is 1. The zero-order valence-electron chi connectivity index (χ0n) is 15.9. The van der Waals surface area contributed by atoms with Gasteiger partial charge in [-0.1, -0.05) is 30.3 Å². The Kier molecular flexibility index (Phi) is 6.40. The van der Waals surface area contributed by atoms with Crippen LogP contribution >= 0.6 is 0 Å². The van der Waals surface area contributed by atoms with Crippen molar-refractivity contribution >= 4 is 17.8 Å². The Balaban J connectivity index is 2.04. The smallest absolute Gasteiger partial charge is 0.350 e. The topological polar surface area (TPSA) is 72.8 Å². The molecule has 0 amide bonds. The number of hydrogen-bond acceptors (Lipinski definition) is 5. The van der Waals surface area contributed by atoms with Crippen LogP contribution in [-0.4, -0.2) is 28.6 Å². The van der Waals surface area contributed by atoms with Gasteiger partial charge in [-0.15, -0.1) is 0 Å². The molecule has 0 unspecified atom stereocenters. The highest BCUT2D eigenvalue weighted by molar-refractivity contribution is 6.08. The van der Waals surface area contributed by atoms with Crippen molar-refractivity contribution in [2.45, 2.75) is 39.4 Å². The predicted octanol–water partition coefficient (Wildman–Crippen LogP) is 4.40. The van der Waals surface area contributed by atoms with Gasteiger partial charge < -0.3 is 14.6 Å². The van der Waals surface area contributed by atoms with E-state index in [1.165, 1.54) is 12.1 Å². The van der Waals surface area contributed by atoms with Gasteiger partial charge in [0.15, 0.2) is 11.4 Å². The highest BCUT2D eigenvalue weighted by atomic mass is 16.6. The molecule has 0 aliphatic rings. The molecule has 5 heteroatoms. The number of ether oxygens (including phenoxy) is 2. The van der Waals surface area contributed by atoms with Gasteiger partial charge in [0.2, 0.25) is 0 Å². The molecule has 0 aliphatic heterocycles. The number of esters is 1. The van der Waals surface area contributed by atoms with Crippen LogP contribution in [0.25, 0.3) is 6.08 Å². The highest BCUT2D eigenvalue weighted by Crippen LogP contribution is 2.22. The number of allylic oxidation sites excluding steroid dienone is 1. The molecule has 0 saturated carbocycles. The molecule has 27 heavy (non-hydrogen) atoms. The summed E-state index contributed by atoms with van der Waals surface area (Å²) in [5.74, 6) is -0.253. The molecule has 0 aliphatic carbocycles. The quantitative estimate of drug-likeness (QED) is 0.446. The third-order valence-corrected chi connectivity index (χ3v) is 3.68. The third-order valence-electron chi connectivity index (χ3n) is 3.68. The van der Waals surface area contributed by atoms with Crippen LogP contribution in [0.1, 0.15) is 43.6 Å². The Morgan fingerprint density at radius 2 is 1.67 bits per heavy atom. The molecular weight excluding hydrogens is 344 g/mol. The van der Waals surface area contributed by atoms with Gasteiger partial charge in [-0.05, 0) is 63.6 Å². The second kappa shape index (κ2) is 8.54. The largest absolute Gasteiger partial charge is 0.507 e. The molecule has 2 aromatic carbocycles. The Labute approximate surface area is 159 Å². The molecule has 2 aromatic rings. The van der Waals surface area contributed by atoms with Crippen molar-refractivity contribution in [2.75, 3.05) is 0 Å².